The number of aromatic nitrogens is 3. The third-order valence-corrected chi connectivity index (χ3v) is 5.35. The molecule has 0 saturated carbocycles. The van der Waals surface area contributed by atoms with Gasteiger partial charge in [0.15, 0.2) is 5.78 Å². The number of nitrogens with zero attached hydrogens (tertiary/aromatic N) is 4. The molecular weight excluding hydrogens is 348 g/mol. The van der Waals surface area contributed by atoms with E-state index in [-0.39, 0.29) is 11.3 Å². The molecule has 0 unspecified atom stereocenters. The molecule has 0 fully saturated rings. The van der Waals surface area contributed by atoms with Crippen molar-refractivity contribution in [3.05, 3.63) is 58.8 Å². The minimum Gasteiger partial charge on any atom is -0.377 e. The zero-order chi connectivity index (χ0) is 18.4. The number of rotatable bonds is 3. The molecule has 4 aromatic rings. The summed E-state index contributed by atoms with van der Waals surface area (Å²) in [6, 6.07) is 8.90. The van der Waals surface area contributed by atoms with Gasteiger partial charge in [-0.2, -0.15) is 0 Å². The summed E-state index contributed by atoms with van der Waals surface area (Å²) in [5, 5.41) is 0.888. The van der Waals surface area contributed by atoms with Gasteiger partial charge in [-0.05, 0) is 25.1 Å². The Morgan fingerprint density at radius 1 is 1.19 bits per heavy atom. The van der Waals surface area contributed by atoms with E-state index in [4.69, 9.17) is 0 Å². The van der Waals surface area contributed by atoms with E-state index in [1.54, 1.807) is 30.5 Å². The van der Waals surface area contributed by atoms with Gasteiger partial charge >= 0.3 is 0 Å². The summed E-state index contributed by atoms with van der Waals surface area (Å²) >= 11 is 1.34. The molecule has 0 bridgehead atoms. The molecule has 0 radical (unpaired) electrons. The Labute approximate surface area is 153 Å². The first kappa shape index (κ1) is 16.4. The zero-order valence-electron chi connectivity index (χ0n) is 14.6. The average Bonchev–Trinajstić information content (AvgIpc) is 3.01. The summed E-state index contributed by atoms with van der Waals surface area (Å²) in [5.74, 6) is -0.0457. The molecule has 4 rings (SSSR count). The molecule has 6 nitrogen and oxygen atoms in total. The Balaban J connectivity index is 2.01. The average molecular weight is 364 g/mol. The lowest BCUT2D eigenvalue weighted by Crippen LogP contribution is -2.18. The Bertz CT molecular complexity index is 1220. The summed E-state index contributed by atoms with van der Waals surface area (Å²) in [7, 11) is 3.90. The summed E-state index contributed by atoms with van der Waals surface area (Å²) in [6.07, 6.45) is 3.25. The second-order valence-electron chi connectivity index (χ2n) is 6.21. The van der Waals surface area contributed by atoms with Crippen LogP contribution >= 0.6 is 11.3 Å². The monoisotopic (exact) mass is 364 g/mol. The minimum absolute atomic E-state index is 0.0457. The van der Waals surface area contributed by atoms with Gasteiger partial charge in [-0.25, -0.2) is 9.97 Å². The number of carbonyl (C=O) groups excluding carboxylic acids is 1. The molecule has 0 N–H and O–H groups in total. The SMILES string of the molecule is CC(=O)c1cccc(-n2cnc3c(sc4nccc(N(C)C)c43)c2=O)c1. The Morgan fingerprint density at radius 2 is 2.00 bits per heavy atom. The van der Waals surface area contributed by atoms with E-state index in [1.165, 1.54) is 29.2 Å². The van der Waals surface area contributed by atoms with Gasteiger partial charge in [0.2, 0.25) is 0 Å². The third-order valence-electron chi connectivity index (χ3n) is 4.27. The van der Waals surface area contributed by atoms with Gasteiger partial charge in [0.1, 0.15) is 15.9 Å². The fraction of sp³-hybridized carbons (Fsp3) is 0.158. The van der Waals surface area contributed by atoms with Gasteiger partial charge in [-0.15, -0.1) is 11.3 Å². The quantitative estimate of drug-likeness (QED) is 0.522. The van der Waals surface area contributed by atoms with Crippen molar-refractivity contribution in [2.24, 2.45) is 0 Å². The first-order chi connectivity index (χ1) is 12.5. The first-order valence-electron chi connectivity index (χ1n) is 8.05. The Kier molecular flexibility index (Phi) is 3.81. The van der Waals surface area contributed by atoms with Gasteiger partial charge in [-0.3, -0.25) is 14.2 Å². The molecule has 0 spiro atoms. The van der Waals surface area contributed by atoms with E-state index in [0.717, 1.165) is 15.9 Å². The molecule has 7 heteroatoms. The van der Waals surface area contributed by atoms with Crippen LogP contribution in [0.25, 0.3) is 26.1 Å². The molecule has 130 valence electrons. The first-order valence-corrected chi connectivity index (χ1v) is 8.86. The van der Waals surface area contributed by atoms with Gasteiger partial charge < -0.3 is 4.90 Å². The number of Topliss-reactive ketones (excluding diaryl/α,β-unsaturated/α-hetero) is 1. The summed E-state index contributed by atoms with van der Waals surface area (Å²) in [6.45, 7) is 1.50. The molecule has 0 aliphatic carbocycles. The number of hydrogen-bond donors (Lipinski definition) is 0. The van der Waals surface area contributed by atoms with Crippen LogP contribution in [0.3, 0.4) is 0 Å². The molecular formula is C19H16N4O2S. The summed E-state index contributed by atoms with van der Waals surface area (Å²) < 4.78 is 2.02. The fourth-order valence-electron chi connectivity index (χ4n) is 2.97. The van der Waals surface area contributed by atoms with Crippen LogP contribution in [-0.2, 0) is 0 Å². The van der Waals surface area contributed by atoms with Crippen molar-refractivity contribution < 1.29 is 4.79 Å². The summed E-state index contributed by atoms with van der Waals surface area (Å²) in [4.78, 5) is 36.4. The highest BCUT2D eigenvalue weighted by atomic mass is 32.1. The van der Waals surface area contributed by atoms with E-state index in [1.807, 2.05) is 25.1 Å². The van der Waals surface area contributed by atoms with E-state index >= 15 is 0 Å². The number of fused-ring (bicyclic) bond motifs is 3. The minimum atomic E-state index is -0.164. The number of carbonyl (C=O) groups is 1. The number of pyridine rings is 1. The Hall–Kier alpha value is -3.06. The van der Waals surface area contributed by atoms with Gasteiger partial charge in [0.25, 0.3) is 5.56 Å². The van der Waals surface area contributed by atoms with Crippen LogP contribution in [0.1, 0.15) is 17.3 Å². The van der Waals surface area contributed by atoms with Crippen LogP contribution in [0.15, 0.2) is 47.7 Å². The van der Waals surface area contributed by atoms with E-state index in [0.29, 0.717) is 21.5 Å². The standard InChI is InChI=1S/C19H16N4O2S/c1-11(24)12-5-4-6-13(9-12)23-10-21-16-15-14(22(2)3)7-8-20-18(15)26-17(16)19(23)25/h4-10H,1-3H3. The maximum Gasteiger partial charge on any atom is 0.275 e. The highest BCUT2D eigenvalue weighted by molar-refractivity contribution is 7.25. The van der Waals surface area contributed by atoms with Crippen LogP contribution in [0.5, 0.6) is 0 Å². The van der Waals surface area contributed by atoms with Crippen LogP contribution in [0, 0.1) is 0 Å². The van der Waals surface area contributed by atoms with Crippen LogP contribution in [-0.4, -0.2) is 34.4 Å². The number of ketones is 1. The number of benzene rings is 1. The largest absolute Gasteiger partial charge is 0.377 e. The second-order valence-corrected chi connectivity index (χ2v) is 7.21. The molecule has 1 aromatic carbocycles. The number of anilines is 1. The smallest absolute Gasteiger partial charge is 0.275 e. The molecule has 0 saturated heterocycles. The van der Waals surface area contributed by atoms with Crippen molar-refractivity contribution in [2.45, 2.75) is 6.92 Å². The second kappa shape index (κ2) is 6.03. The van der Waals surface area contributed by atoms with Crippen molar-refractivity contribution in [1.82, 2.24) is 14.5 Å². The summed E-state index contributed by atoms with van der Waals surface area (Å²) in [5.41, 5.74) is 2.65. The van der Waals surface area contributed by atoms with Crippen LogP contribution < -0.4 is 10.5 Å². The van der Waals surface area contributed by atoms with Crippen molar-refractivity contribution in [2.75, 3.05) is 19.0 Å². The van der Waals surface area contributed by atoms with E-state index in [2.05, 4.69) is 9.97 Å². The van der Waals surface area contributed by atoms with Crippen molar-refractivity contribution in [1.29, 1.82) is 0 Å². The molecule has 3 heterocycles. The lowest BCUT2D eigenvalue weighted by Gasteiger charge is -2.13. The molecule has 0 amide bonds. The highest BCUT2D eigenvalue weighted by Gasteiger charge is 2.17. The maximum atomic E-state index is 13.1. The zero-order valence-corrected chi connectivity index (χ0v) is 15.4. The number of thiophene rings is 1. The lowest BCUT2D eigenvalue weighted by atomic mass is 10.1. The molecule has 26 heavy (non-hydrogen) atoms. The van der Waals surface area contributed by atoms with E-state index < -0.39 is 0 Å². The van der Waals surface area contributed by atoms with Crippen molar-refractivity contribution in [3.63, 3.8) is 0 Å². The predicted molar refractivity (Wildman–Crippen MR) is 105 cm³/mol. The normalized spacial score (nSPS) is 11.2. The lowest BCUT2D eigenvalue weighted by molar-refractivity contribution is 0.101. The van der Waals surface area contributed by atoms with Crippen molar-refractivity contribution in [3.8, 4) is 5.69 Å². The van der Waals surface area contributed by atoms with Crippen LogP contribution in [0.4, 0.5) is 5.69 Å². The highest BCUT2D eigenvalue weighted by Crippen LogP contribution is 2.35. The molecule has 3 aromatic heterocycles. The number of hydrogen-bond acceptors (Lipinski definition) is 6. The maximum absolute atomic E-state index is 13.1. The topological polar surface area (TPSA) is 68.1 Å². The predicted octanol–water partition coefficient (Wildman–Crippen LogP) is 3.26. The third kappa shape index (κ3) is 2.48. The van der Waals surface area contributed by atoms with Crippen LogP contribution in [0.2, 0.25) is 0 Å². The van der Waals surface area contributed by atoms with E-state index in [9.17, 15) is 9.59 Å². The molecule has 0 atom stereocenters. The van der Waals surface area contributed by atoms with Gasteiger partial charge in [0.05, 0.1) is 22.3 Å². The Morgan fingerprint density at radius 3 is 2.73 bits per heavy atom. The van der Waals surface area contributed by atoms with Gasteiger partial charge in [0, 0.05) is 25.9 Å². The van der Waals surface area contributed by atoms with Gasteiger partial charge in [-0.1, -0.05) is 12.1 Å². The molecule has 0 aliphatic heterocycles. The fourth-order valence-corrected chi connectivity index (χ4v) is 4.02. The molecule has 0 aliphatic rings. The van der Waals surface area contributed by atoms with Crippen molar-refractivity contribution >= 4 is 43.2 Å².